The summed E-state index contributed by atoms with van der Waals surface area (Å²) in [5.74, 6) is 0.445. The number of rotatable bonds is 4. The van der Waals surface area contributed by atoms with E-state index in [-0.39, 0.29) is 0 Å². The standard InChI is InChI=1S/C20H24N4O/c1-16-4-2-5-18(22-16)14-23-10-11-25-15-17(13-23)12-19-20-6-3-8-24(20)9-7-21-19/h2-9,17H,10-15H2,1H3/t17-/m1/s1. The van der Waals surface area contributed by atoms with Crippen LogP contribution in [0.4, 0.5) is 0 Å². The van der Waals surface area contributed by atoms with Crippen LogP contribution in [0.25, 0.3) is 5.52 Å². The van der Waals surface area contributed by atoms with Gasteiger partial charge < -0.3 is 9.14 Å². The summed E-state index contributed by atoms with van der Waals surface area (Å²) in [4.78, 5) is 11.7. The quantitative estimate of drug-likeness (QED) is 0.735. The highest BCUT2D eigenvalue weighted by Crippen LogP contribution is 2.18. The Hall–Kier alpha value is -2.24. The van der Waals surface area contributed by atoms with Crippen LogP contribution in [0.3, 0.4) is 0 Å². The molecule has 1 saturated heterocycles. The molecule has 0 unspecified atom stereocenters. The molecule has 0 radical (unpaired) electrons. The molecule has 0 spiro atoms. The number of ether oxygens (including phenoxy) is 1. The van der Waals surface area contributed by atoms with Crippen molar-refractivity contribution in [3.05, 3.63) is 66.0 Å². The molecular weight excluding hydrogens is 312 g/mol. The number of aromatic nitrogens is 3. The Morgan fingerprint density at radius 3 is 3.08 bits per heavy atom. The Labute approximate surface area is 148 Å². The van der Waals surface area contributed by atoms with Crippen molar-refractivity contribution < 1.29 is 4.74 Å². The minimum atomic E-state index is 0.445. The molecule has 0 bridgehead atoms. The summed E-state index contributed by atoms with van der Waals surface area (Å²) in [5, 5.41) is 0. The van der Waals surface area contributed by atoms with E-state index in [4.69, 9.17) is 4.74 Å². The lowest BCUT2D eigenvalue weighted by molar-refractivity contribution is 0.121. The second kappa shape index (κ2) is 7.33. The molecule has 1 atom stereocenters. The fourth-order valence-corrected chi connectivity index (χ4v) is 3.60. The lowest BCUT2D eigenvalue weighted by Crippen LogP contribution is -2.31. The van der Waals surface area contributed by atoms with E-state index in [0.29, 0.717) is 5.92 Å². The second-order valence-electron chi connectivity index (χ2n) is 6.83. The Bertz CT molecular complexity index is 844. The molecule has 25 heavy (non-hydrogen) atoms. The van der Waals surface area contributed by atoms with Crippen LogP contribution in [-0.4, -0.2) is 45.6 Å². The van der Waals surface area contributed by atoms with E-state index in [0.717, 1.165) is 56.4 Å². The first-order chi connectivity index (χ1) is 12.3. The predicted molar refractivity (Wildman–Crippen MR) is 97.5 cm³/mol. The van der Waals surface area contributed by atoms with Crippen molar-refractivity contribution in [2.75, 3.05) is 26.3 Å². The van der Waals surface area contributed by atoms with Gasteiger partial charge in [0.2, 0.25) is 0 Å². The van der Waals surface area contributed by atoms with E-state index in [1.807, 2.05) is 25.4 Å². The molecule has 0 N–H and O–H groups in total. The van der Waals surface area contributed by atoms with E-state index in [1.165, 1.54) is 5.52 Å². The highest BCUT2D eigenvalue weighted by molar-refractivity contribution is 5.52. The Morgan fingerprint density at radius 2 is 2.16 bits per heavy atom. The molecule has 0 aromatic carbocycles. The normalized spacial score (nSPS) is 19.2. The van der Waals surface area contributed by atoms with E-state index < -0.39 is 0 Å². The van der Waals surface area contributed by atoms with Crippen LogP contribution in [-0.2, 0) is 17.7 Å². The third-order valence-corrected chi connectivity index (χ3v) is 4.77. The summed E-state index contributed by atoms with van der Waals surface area (Å²) in [5.41, 5.74) is 4.55. The average molecular weight is 336 g/mol. The summed E-state index contributed by atoms with van der Waals surface area (Å²) >= 11 is 0. The first-order valence-electron chi connectivity index (χ1n) is 8.91. The smallest absolute Gasteiger partial charge is 0.0666 e. The highest BCUT2D eigenvalue weighted by atomic mass is 16.5. The summed E-state index contributed by atoms with van der Waals surface area (Å²) in [7, 11) is 0. The lowest BCUT2D eigenvalue weighted by Gasteiger charge is -2.23. The predicted octanol–water partition coefficient (Wildman–Crippen LogP) is 2.73. The maximum Gasteiger partial charge on any atom is 0.0666 e. The van der Waals surface area contributed by atoms with Gasteiger partial charge in [-0.2, -0.15) is 0 Å². The maximum atomic E-state index is 5.87. The van der Waals surface area contributed by atoms with Crippen LogP contribution in [0.15, 0.2) is 48.9 Å². The minimum Gasteiger partial charge on any atom is -0.380 e. The molecule has 130 valence electrons. The Balaban J connectivity index is 1.47. The fourth-order valence-electron chi connectivity index (χ4n) is 3.60. The minimum absolute atomic E-state index is 0.445. The summed E-state index contributed by atoms with van der Waals surface area (Å²) in [6.07, 6.45) is 6.89. The van der Waals surface area contributed by atoms with E-state index in [9.17, 15) is 0 Å². The first-order valence-corrected chi connectivity index (χ1v) is 8.91. The highest BCUT2D eigenvalue weighted by Gasteiger charge is 2.21. The molecule has 1 aliphatic heterocycles. The van der Waals surface area contributed by atoms with Crippen molar-refractivity contribution in [2.45, 2.75) is 19.9 Å². The van der Waals surface area contributed by atoms with Crippen molar-refractivity contribution in [3.8, 4) is 0 Å². The van der Waals surface area contributed by atoms with Crippen LogP contribution in [0.2, 0.25) is 0 Å². The van der Waals surface area contributed by atoms with Gasteiger partial charge in [0, 0.05) is 49.8 Å². The molecular formula is C20H24N4O. The molecule has 1 aliphatic rings. The van der Waals surface area contributed by atoms with Gasteiger partial charge in [0.25, 0.3) is 0 Å². The number of pyridine rings is 1. The van der Waals surface area contributed by atoms with Crippen molar-refractivity contribution in [3.63, 3.8) is 0 Å². The van der Waals surface area contributed by atoms with Crippen LogP contribution < -0.4 is 0 Å². The van der Waals surface area contributed by atoms with Gasteiger partial charge >= 0.3 is 0 Å². The average Bonchev–Trinajstić information content (AvgIpc) is 2.98. The van der Waals surface area contributed by atoms with Crippen molar-refractivity contribution in [1.29, 1.82) is 0 Å². The third kappa shape index (κ3) is 3.89. The van der Waals surface area contributed by atoms with Gasteiger partial charge in [-0.25, -0.2) is 0 Å². The number of nitrogens with zero attached hydrogens (tertiary/aromatic N) is 4. The van der Waals surface area contributed by atoms with E-state index in [1.54, 1.807) is 0 Å². The van der Waals surface area contributed by atoms with E-state index in [2.05, 4.69) is 49.7 Å². The monoisotopic (exact) mass is 336 g/mol. The topological polar surface area (TPSA) is 42.7 Å². The zero-order valence-electron chi connectivity index (χ0n) is 14.6. The number of fused-ring (bicyclic) bond motifs is 1. The Morgan fingerprint density at radius 1 is 1.20 bits per heavy atom. The van der Waals surface area contributed by atoms with Crippen molar-refractivity contribution in [1.82, 2.24) is 19.3 Å². The van der Waals surface area contributed by atoms with Crippen LogP contribution in [0.1, 0.15) is 17.1 Å². The number of aryl methyl sites for hydroxylation is 1. The fraction of sp³-hybridized carbons (Fsp3) is 0.400. The molecule has 3 aromatic rings. The van der Waals surface area contributed by atoms with Crippen molar-refractivity contribution in [2.24, 2.45) is 5.92 Å². The van der Waals surface area contributed by atoms with Gasteiger partial charge in [-0.3, -0.25) is 14.9 Å². The molecule has 0 aliphatic carbocycles. The molecule has 1 fully saturated rings. The van der Waals surface area contributed by atoms with Crippen LogP contribution >= 0.6 is 0 Å². The molecule has 4 heterocycles. The number of hydrogen-bond acceptors (Lipinski definition) is 4. The second-order valence-corrected chi connectivity index (χ2v) is 6.83. The summed E-state index contributed by atoms with van der Waals surface area (Å²) in [6, 6.07) is 10.4. The zero-order valence-corrected chi connectivity index (χ0v) is 14.6. The summed E-state index contributed by atoms with van der Waals surface area (Å²) in [6.45, 7) is 6.46. The SMILES string of the molecule is Cc1cccc(CN2CCOC[C@H](Cc3nccn4cccc34)C2)n1. The third-order valence-electron chi connectivity index (χ3n) is 4.77. The van der Waals surface area contributed by atoms with Gasteiger partial charge in [0.1, 0.15) is 0 Å². The maximum absolute atomic E-state index is 5.87. The molecule has 5 heteroatoms. The first kappa shape index (κ1) is 16.2. The van der Waals surface area contributed by atoms with Crippen molar-refractivity contribution >= 4 is 5.52 Å². The van der Waals surface area contributed by atoms with Crippen LogP contribution in [0, 0.1) is 12.8 Å². The summed E-state index contributed by atoms with van der Waals surface area (Å²) < 4.78 is 8.00. The zero-order chi connectivity index (χ0) is 17.1. The lowest BCUT2D eigenvalue weighted by atomic mass is 10.0. The van der Waals surface area contributed by atoms with Gasteiger partial charge in [-0.05, 0) is 37.6 Å². The van der Waals surface area contributed by atoms with Gasteiger partial charge in [0.05, 0.1) is 30.1 Å². The Kier molecular flexibility index (Phi) is 4.76. The van der Waals surface area contributed by atoms with Gasteiger partial charge in [0.15, 0.2) is 0 Å². The molecule has 4 rings (SSSR count). The largest absolute Gasteiger partial charge is 0.380 e. The number of hydrogen-bond donors (Lipinski definition) is 0. The van der Waals surface area contributed by atoms with E-state index >= 15 is 0 Å². The van der Waals surface area contributed by atoms with Gasteiger partial charge in [-0.15, -0.1) is 0 Å². The molecule has 0 amide bonds. The molecule has 3 aromatic heterocycles. The van der Waals surface area contributed by atoms with Gasteiger partial charge in [-0.1, -0.05) is 6.07 Å². The molecule has 5 nitrogen and oxygen atoms in total. The van der Waals surface area contributed by atoms with Crippen LogP contribution in [0.5, 0.6) is 0 Å². The molecule has 0 saturated carbocycles.